The van der Waals surface area contributed by atoms with Crippen LogP contribution in [0.4, 0.5) is 0 Å². The predicted octanol–water partition coefficient (Wildman–Crippen LogP) is 3.42. The van der Waals surface area contributed by atoms with Crippen LogP contribution in [0.2, 0.25) is 0 Å². The standard InChI is InChI=1S/C11H11Br2N3S/c12-8-3-7(5-15-6-8)10(16-14)4-11-9(13)1-2-17-11/h1-3,5-6,10,16H,4,14H2. The van der Waals surface area contributed by atoms with Gasteiger partial charge in [-0.2, -0.15) is 0 Å². The molecule has 0 aliphatic carbocycles. The van der Waals surface area contributed by atoms with E-state index in [1.807, 2.05) is 18.3 Å². The highest BCUT2D eigenvalue weighted by molar-refractivity contribution is 9.10. The second-order valence-electron chi connectivity index (χ2n) is 3.55. The predicted molar refractivity (Wildman–Crippen MR) is 77.7 cm³/mol. The van der Waals surface area contributed by atoms with Gasteiger partial charge < -0.3 is 0 Å². The summed E-state index contributed by atoms with van der Waals surface area (Å²) in [6, 6.07) is 4.14. The number of nitrogens with one attached hydrogen (secondary N) is 1. The van der Waals surface area contributed by atoms with Gasteiger partial charge in [-0.05, 0) is 54.9 Å². The molecule has 0 aliphatic heterocycles. The fraction of sp³-hybridized carbons (Fsp3) is 0.182. The molecule has 2 aromatic heterocycles. The van der Waals surface area contributed by atoms with Crippen LogP contribution in [0.5, 0.6) is 0 Å². The molecule has 2 rings (SSSR count). The van der Waals surface area contributed by atoms with Crippen molar-refractivity contribution in [1.29, 1.82) is 0 Å². The molecule has 0 fully saturated rings. The summed E-state index contributed by atoms with van der Waals surface area (Å²) in [5.41, 5.74) is 3.91. The Morgan fingerprint density at radius 3 is 2.82 bits per heavy atom. The van der Waals surface area contributed by atoms with Gasteiger partial charge in [-0.1, -0.05) is 0 Å². The van der Waals surface area contributed by atoms with Crippen molar-refractivity contribution in [2.24, 2.45) is 5.84 Å². The molecule has 3 N–H and O–H groups in total. The molecule has 0 radical (unpaired) electrons. The molecule has 2 heterocycles. The summed E-state index contributed by atoms with van der Waals surface area (Å²) in [6.07, 6.45) is 4.43. The van der Waals surface area contributed by atoms with E-state index in [1.54, 1.807) is 17.5 Å². The molecule has 0 bridgehead atoms. The first-order valence-corrected chi connectivity index (χ1v) is 7.45. The van der Waals surface area contributed by atoms with Crippen LogP contribution in [0.25, 0.3) is 0 Å². The number of rotatable bonds is 4. The third kappa shape index (κ3) is 3.35. The molecular formula is C11H11Br2N3S. The molecule has 6 heteroatoms. The zero-order chi connectivity index (χ0) is 12.3. The Bertz CT molecular complexity index is 501. The van der Waals surface area contributed by atoms with E-state index in [0.29, 0.717) is 0 Å². The maximum atomic E-state index is 5.62. The molecule has 1 atom stereocenters. The summed E-state index contributed by atoms with van der Waals surface area (Å²) >= 11 is 8.66. The van der Waals surface area contributed by atoms with Crippen molar-refractivity contribution >= 4 is 43.2 Å². The van der Waals surface area contributed by atoms with Crippen molar-refractivity contribution in [2.75, 3.05) is 0 Å². The highest BCUT2D eigenvalue weighted by atomic mass is 79.9. The van der Waals surface area contributed by atoms with Crippen LogP contribution < -0.4 is 11.3 Å². The number of hydrogen-bond donors (Lipinski definition) is 2. The van der Waals surface area contributed by atoms with E-state index in [0.717, 1.165) is 20.9 Å². The summed E-state index contributed by atoms with van der Waals surface area (Å²) in [5, 5.41) is 2.06. The van der Waals surface area contributed by atoms with E-state index in [2.05, 4.69) is 47.6 Å². The fourth-order valence-electron chi connectivity index (χ4n) is 1.55. The zero-order valence-corrected chi connectivity index (χ0v) is 12.8. The van der Waals surface area contributed by atoms with Crippen LogP contribution in [0, 0.1) is 0 Å². The average Bonchev–Trinajstić information content (AvgIpc) is 2.71. The Balaban J connectivity index is 2.20. The number of halogens is 2. The first-order valence-electron chi connectivity index (χ1n) is 4.99. The largest absolute Gasteiger partial charge is 0.271 e. The molecular weight excluding hydrogens is 366 g/mol. The first kappa shape index (κ1) is 13.2. The van der Waals surface area contributed by atoms with E-state index < -0.39 is 0 Å². The Morgan fingerprint density at radius 2 is 2.24 bits per heavy atom. The Hall–Kier alpha value is -0.270. The molecule has 0 spiro atoms. The monoisotopic (exact) mass is 375 g/mol. The topological polar surface area (TPSA) is 50.9 Å². The van der Waals surface area contributed by atoms with Crippen molar-refractivity contribution in [1.82, 2.24) is 10.4 Å². The third-order valence-corrected chi connectivity index (χ3v) is 4.79. The van der Waals surface area contributed by atoms with Crippen LogP contribution in [0.15, 0.2) is 38.9 Å². The van der Waals surface area contributed by atoms with E-state index in [1.165, 1.54) is 4.88 Å². The van der Waals surface area contributed by atoms with Gasteiger partial charge in [0.25, 0.3) is 0 Å². The van der Waals surface area contributed by atoms with E-state index in [9.17, 15) is 0 Å². The van der Waals surface area contributed by atoms with Crippen LogP contribution in [-0.4, -0.2) is 4.98 Å². The first-order chi connectivity index (χ1) is 8.20. The summed E-state index contributed by atoms with van der Waals surface area (Å²) in [5.74, 6) is 5.62. The number of pyridine rings is 1. The number of thiophene rings is 1. The van der Waals surface area contributed by atoms with E-state index in [4.69, 9.17) is 5.84 Å². The Kier molecular flexibility index (Phi) is 4.69. The van der Waals surface area contributed by atoms with Gasteiger partial charge in [0.1, 0.15) is 0 Å². The summed E-state index contributed by atoms with van der Waals surface area (Å²) in [7, 11) is 0. The minimum absolute atomic E-state index is 0.0648. The van der Waals surface area contributed by atoms with Crippen LogP contribution in [0.1, 0.15) is 16.5 Å². The number of nitrogens with two attached hydrogens (primary N) is 1. The van der Waals surface area contributed by atoms with Crippen molar-refractivity contribution in [2.45, 2.75) is 12.5 Å². The lowest BCUT2D eigenvalue weighted by molar-refractivity contribution is 0.553. The van der Waals surface area contributed by atoms with Gasteiger partial charge in [-0.25, -0.2) is 0 Å². The van der Waals surface area contributed by atoms with Gasteiger partial charge >= 0.3 is 0 Å². The minimum Gasteiger partial charge on any atom is -0.271 e. The molecule has 1 unspecified atom stereocenters. The summed E-state index contributed by atoms with van der Waals surface area (Å²) < 4.78 is 2.09. The van der Waals surface area contributed by atoms with Crippen LogP contribution in [-0.2, 0) is 6.42 Å². The van der Waals surface area contributed by atoms with Gasteiger partial charge in [-0.3, -0.25) is 16.3 Å². The maximum Gasteiger partial charge on any atom is 0.0524 e. The Morgan fingerprint density at radius 1 is 1.41 bits per heavy atom. The lowest BCUT2D eigenvalue weighted by Crippen LogP contribution is -2.29. The summed E-state index contributed by atoms with van der Waals surface area (Å²) in [6.45, 7) is 0. The van der Waals surface area contributed by atoms with E-state index >= 15 is 0 Å². The number of hydrazine groups is 1. The van der Waals surface area contributed by atoms with Crippen molar-refractivity contribution in [3.05, 3.63) is 49.3 Å². The fourth-order valence-corrected chi connectivity index (χ4v) is 3.49. The number of nitrogens with zero attached hydrogens (tertiary/aromatic N) is 1. The smallest absolute Gasteiger partial charge is 0.0524 e. The lowest BCUT2D eigenvalue weighted by atomic mass is 10.1. The molecule has 2 aromatic rings. The molecule has 17 heavy (non-hydrogen) atoms. The van der Waals surface area contributed by atoms with Gasteiger partial charge in [0.2, 0.25) is 0 Å². The highest BCUT2D eigenvalue weighted by Crippen LogP contribution is 2.28. The van der Waals surface area contributed by atoms with Crippen molar-refractivity contribution in [3.8, 4) is 0 Å². The third-order valence-electron chi connectivity index (χ3n) is 2.41. The summed E-state index contributed by atoms with van der Waals surface area (Å²) in [4.78, 5) is 5.43. The minimum atomic E-state index is 0.0648. The molecule has 0 aliphatic rings. The lowest BCUT2D eigenvalue weighted by Gasteiger charge is -2.15. The SMILES string of the molecule is NNC(Cc1sccc1Br)c1cncc(Br)c1. The highest BCUT2D eigenvalue weighted by Gasteiger charge is 2.13. The van der Waals surface area contributed by atoms with Crippen molar-refractivity contribution < 1.29 is 0 Å². The maximum absolute atomic E-state index is 5.62. The quantitative estimate of drug-likeness (QED) is 0.634. The average molecular weight is 377 g/mol. The van der Waals surface area contributed by atoms with Crippen LogP contribution >= 0.6 is 43.2 Å². The number of hydrogen-bond acceptors (Lipinski definition) is 4. The molecule has 0 aromatic carbocycles. The van der Waals surface area contributed by atoms with Gasteiger partial charge in [0.05, 0.1) is 6.04 Å². The Labute approximate surface area is 121 Å². The van der Waals surface area contributed by atoms with Gasteiger partial charge in [0, 0.05) is 32.6 Å². The molecule has 90 valence electrons. The van der Waals surface area contributed by atoms with Crippen molar-refractivity contribution in [3.63, 3.8) is 0 Å². The zero-order valence-electron chi connectivity index (χ0n) is 8.86. The molecule has 3 nitrogen and oxygen atoms in total. The molecule has 0 amide bonds. The normalized spacial score (nSPS) is 12.6. The van der Waals surface area contributed by atoms with Crippen LogP contribution in [0.3, 0.4) is 0 Å². The molecule has 0 saturated carbocycles. The van der Waals surface area contributed by atoms with E-state index in [-0.39, 0.29) is 6.04 Å². The number of aromatic nitrogens is 1. The van der Waals surface area contributed by atoms with Gasteiger partial charge in [-0.15, -0.1) is 11.3 Å². The second kappa shape index (κ2) is 6.06. The molecule has 0 saturated heterocycles. The van der Waals surface area contributed by atoms with Gasteiger partial charge in [0.15, 0.2) is 0 Å². The second-order valence-corrected chi connectivity index (χ2v) is 6.32.